The third-order valence-electron chi connectivity index (χ3n) is 0.545. The molecule has 0 aromatic rings. The van der Waals surface area contributed by atoms with Crippen molar-refractivity contribution in [2.75, 3.05) is 6.54 Å². The summed E-state index contributed by atoms with van der Waals surface area (Å²) in [5.41, 5.74) is 0. The molecule has 0 radical (unpaired) electrons. The Bertz CT molecular complexity index is 117. The largest absolute Gasteiger partial charge is 0.278 e. The van der Waals surface area contributed by atoms with E-state index >= 15 is 0 Å². The summed E-state index contributed by atoms with van der Waals surface area (Å²) in [6.07, 6.45) is 5.53. The number of carbonyl (C=O) groups excluding carboxylic acids is 2. The highest BCUT2D eigenvalue weighted by molar-refractivity contribution is 5.68. The molecule has 3 heteroatoms. The van der Waals surface area contributed by atoms with Gasteiger partial charge in [-0.25, -0.2) is 0 Å². The lowest BCUT2D eigenvalue weighted by atomic mass is 10.6. The fourth-order valence-corrected chi connectivity index (χ4v) is 0.205. The first kappa shape index (κ1) is 6.70. The van der Waals surface area contributed by atoms with Crippen molar-refractivity contribution in [1.82, 2.24) is 4.90 Å². The van der Waals surface area contributed by atoms with Gasteiger partial charge in [0.2, 0.25) is 12.8 Å². The molecular formula is C5H5NO2. The molecule has 0 saturated carbocycles. The maximum absolute atomic E-state index is 9.73. The van der Waals surface area contributed by atoms with Crippen LogP contribution in [-0.4, -0.2) is 24.3 Å². The average Bonchev–Trinajstić information content (AvgIpc) is 1.83. The Morgan fingerprint density at radius 1 is 1.50 bits per heavy atom. The second-order valence-corrected chi connectivity index (χ2v) is 1.09. The maximum Gasteiger partial charge on any atom is 0.216 e. The van der Waals surface area contributed by atoms with E-state index in [0.717, 1.165) is 4.90 Å². The third-order valence-corrected chi connectivity index (χ3v) is 0.545. The Balaban J connectivity index is 3.56. The quantitative estimate of drug-likeness (QED) is 0.354. The zero-order valence-electron chi connectivity index (χ0n) is 4.20. The second kappa shape index (κ2) is 3.88. The first-order valence-electron chi connectivity index (χ1n) is 1.95. The van der Waals surface area contributed by atoms with Crippen LogP contribution < -0.4 is 0 Å². The molecule has 0 spiro atoms. The molecule has 0 atom stereocenters. The fraction of sp³-hybridized carbons (Fsp3) is 0.200. The van der Waals surface area contributed by atoms with E-state index in [2.05, 4.69) is 5.92 Å². The van der Waals surface area contributed by atoms with Crippen LogP contribution in [0.25, 0.3) is 0 Å². The van der Waals surface area contributed by atoms with Crippen LogP contribution in [-0.2, 0) is 9.59 Å². The molecule has 42 valence electrons. The summed E-state index contributed by atoms with van der Waals surface area (Å²) in [6.45, 7) is 0.0486. The maximum atomic E-state index is 9.73. The molecule has 8 heavy (non-hydrogen) atoms. The highest BCUT2D eigenvalue weighted by atomic mass is 16.2. The summed E-state index contributed by atoms with van der Waals surface area (Å²) in [7, 11) is 0. The van der Waals surface area contributed by atoms with Gasteiger partial charge < -0.3 is 0 Å². The molecule has 0 aromatic carbocycles. The van der Waals surface area contributed by atoms with Gasteiger partial charge in [-0.3, -0.25) is 14.5 Å². The minimum absolute atomic E-state index is 0.0486. The summed E-state index contributed by atoms with van der Waals surface area (Å²) in [5.74, 6) is 2.13. The lowest BCUT2D eigenvalue weighted by Gasteiger charge is -1.99. The van der Waals surface area contributed by atoms with Gasteiger partial charge >= 0.3 is 0 Å². The molecule has 0 aliphatic rings. The van der Waals surface area contributed by atoms with Crippen molar-refractivity contribution in [3.63, 3.8) is 0 Å². The van der Waals surface area contributed by atoms with E-state index in [1.807, 2.05) is 0 Å². The van der Waals surface area contributed by atoms with Crippen molar-refractivity contribution in [1.29, 1.82) is 0 Å². The van der Waals surface area contributed by atoms with Crippen LogP contribution in [0.2, 0.25) is 0 Å². The molecule has 0 heterocycles. The standard InChI is InChI=1S/C5H5NO2/c1-2-3-6(4-7)5-8/h1,4-5H,3H2. The van der Waals surface area contributed by atoms with Crippen LogP contribution in [0.3, 0.4) is 0 Å². The van der Waals surface area contributed by atoms with Gasteiger partial charge in [-0.05, 0) is 0 Å². The number of carbonyl (C=O) groups is 2. The normalized spacial score (nSPS) is 6.88. The van der Waals surface area contributed by atoms with Crippen LogP contribution in [0, 0.1) is 12.3 Å². The highest BCUT2D eigenvalue weighted by Gasteiger charge is 1.90. The molecule has 0 rings (SSSR count). The molecule has 0 aromatic heterocycles. The van der Waals surface area contributed by atoms with E-state index in [4.69, 9.17) is 6.42 Å². The predicted octanol–water partition coefficient (Wildman–Crippen LogP) is -0.766. The molecule has 0 bridgehead atoms. The minimum atomic E-state index is 0.0486. The number of amides is 2. The summed E-state index contributed by atoms with van der Waals surface area (Å²) >= 11 is 0. The summed E-state index contributed by atoms with van der Waals surface area (Å²) in [4.78, 5) is 20.3. The van der Waals surface area contributed by atoms with Crippen molar-refractivity contribution < 1.29 is 9.59 Å². The Hall–Kier alpha value is -1.30. The predicted molar refractivity (Wildman–Crippen MR) is 27.7 cm³/mol. The Morgan fingerprint density at radius 2 is 2.00 bits per heavy atom. The van der Waals surface area contributed by atoms with Gasteiger partial charge in [0.15, 0.2) is 0 Å². The van der Waals surface area contributed by atoms with Crippen LogP contribution >= 0.6 is 0 Å². The monoisotopic (exact) mass is 111 g/mol. The van der Waals surface area contributed by atoms with Crippen molar-refractivity contribution in [3.05, 3.63) is 0 Å². The number of hydrogen-bond acceptors (Lipinski definition) is 2. The summed E-state index contributed by atoms with van der Waals surface area (Å²) < 4.78 is 0. The minimum Gasteiger partial charge on any atom is -0.278 e. The molecule has 0 aliphatic heterocycles. The van der Waals surface area contributed by atoms with Gasteiger partial charge in [-0.1, -0.05) is 5.92 Å². The first-order chi connectivity index (χ1) is 3.85. The van der Waals surface area contributed by atoms with Gasteiger partial charge in [0.25, 0.3) is 0 Å². The zero-order valence-corrected chi connectivity index (χ0v) is 4.20. The van der Waals surface area contributed by atoms with E-state index < -0.39 is 0 Å². The molecule has 2 amide bonds. The van der Waals surface area contributed by atoms with Gasteiger partial charge in [0.05, 0.1) is 6.54 Å². The van der Waals surface area contributed by atoms with E-state index in [0.29, 0.717) is 12.8 Å². The average molecular weight is 111 g/mol. The number of terminal acetylenes is 1. The van der Waals surface area contributed by atoms with E-state index in [1.54, 1.807) is 0 Å². The first-order valence-corrected chi connectivity index (χ1v) is 1.95. The van der Waals surface area contributed by atoms with Crippen molar-refractivity contribution in [2.24, 2.45) is 0 Å². The topological polar surface area (TPSA) is 37.4 Å². The smallest absolute Gasteiger partial charge is 0.216 e. The molecular weight excluding hydrogens is 106 g/mol. The van der Waals surface area contributed by atoms with E-state index in [1.165, 1.54) is 0 Å². The molecule has 0 aliphatic carbocycles. The van der Waals surface area contributed by atoms with Crippen LogP contribution in [0.5, 0.6) is 0 Å². The molecule has 3 nitrogen and oxygen atoms in total. The molecule has 0 fully saturated rings. The van der Waals surface area contributed by atoms with E-state index in [-0.39, 0.29) is 6.54 Å². The Labute approximate surface area is 47.3 Å². The van der Waals surface area contributed by atoms with Gasteiger partial charge in [-0.15, -0.1) is 6.42 Å². The molecule has 0 N–H and O–H groups in total. The second-order valence-electron chi connectivity index (χ2n) is 1.09. The van der Waals surface area contributed by atoms with Crippen LogP contribution in [0.4, 0.5) is 0 Å². The van der Waals surface area contributed by atoms with Gasteiger partial charge in [-0.2, -0.15) is 0 Å². The number of rotatable bonds is 3. The number of nitrogens with zero attached hydrogens (tertiary/aromatic N) is 1. The third kappa shape index (κ3) is 1.98. The molecule has 0 saturated heterocycles. The van der Waals surface area contributed by atoms with Crippen molar-refractivity contribution >= 4 is 12.8 Å². The SMILES string of the molecule is C#CCN(C=O)C=O. The highest BCUT2D eigenvalue weighted by Crippen LogP contribution is 1.69. The number of imide groups is 1. The summed E-state index contributed by atoms with van der Waals surface area (Å²) in [5, 5.41) is 0. The van der Waals surface area contributed by atoms with Gasteiger partial charge in [0, 0.05) is 0 Å². The zero-order chi connectivity index (χ0) is 6.41. The Kier molecular flexibility index (Phi) is 3.25. The van der Waals surface area contributed by atoms with Gasteiger partial charge in [0.1, 0.15) is 0 Å². The fourth-order valence-electron chi connectivity index (χ4n) is 0.205. The van der Waals surface area contributed by atoms with Crippen LogP contribution in [0.1, 0.15) is 0 Å². The lowest BCUT2D eigenvalue weighted by molar-refractivity contribution is -0.128. The summed E-state index contributed by atoms with van der Waals surface area (Å²) in [6, 6.07) is 0. The Morgan fingerprint density at radius 3 is 2.12 bits per heavy atom. The number of hydrogen-bond donors (Lipinski definition) is 0. The van der Waals surface area contributed by atoms with Crippen molar-refractivity contribution in [3.8, 4) is 12.3 Å². The van der Waals surface area contributed by atoms with Crippen LogP contribution in [0.15, 0.2) is 0 Å². The van der Waals surface area contributed by atoms with E-state index in [9.17, 15) is 9.59 Å². The lowest BCUT2D eigenvalue weighted by Crippen LogP contribution is -2.19. The molecule has 0 unspecified atom stereocenters. The van der Waals surface area contributed by atoms with Crippen molar-refractivity contribution in [2.45, 2.75) is 0 Å².